The van der Waals surface area contributed by atoms with Crippen molar-refractivity contribution in [2.75, 3.05) is 0 Å². The van der Waals surface area contributed by atoms with Gasteiger partial charge in [0.1, 0.15) is 10.5 Å². The lowest BCUT2D eigenvalue weighted by Gasteiger charge is -2.04. The van der Waals surface area contributed by atoms with E-state index in [1.54, 1.807) is 18.2 Å². The lowest BCUT2D eigenvalue weighted by Crippen LogP contribution is -2.01. The topological polar surface area (TPSA) is 45.5 Å². The normalized spacial score (nSPS) is 12.2. The molecule has 2 aromatic heterocycles. The molecule has 4 rings (SSSR count). The number of nitrogens with zero attached hydrogens (tertiary/aromatic N) is 2. The second-order valence-corrected chi connectivity index (χ2v) is 7.13. The molecule has 0 fully saturated rings. The third-order valence-electron chi connectivity index (χ3n) is 3.73. The van der Waals surface area contributed by atoms with Crippen LogP contribution < -0.4 is 0 Å². The number of hydrogen-bond acceptors (Lipinski definition) is 4. The van der Waals surface area contributed by atoms with Crippen molar-refractivity contribution < 1.29 is 5.21 Å². The number of para-hydroxylation sites is 1. The molecule has 0 saturated carbocycles. The minimum Gasteiger partial charge on any atom is -0.410 e. The van der Waals surface area contributed by atoms with Crippen LogP contribution >= 0.6 is 34.5 Å². The summed E-state index contributed by atoms with van der Waals surface area (Å²) in [6, 6.07) is 17.1. The Morgan fingerprint density at radius 2 is 1.83 bits per heavy atom. The molecule has 0 bridgehead atoms. The molecule has 0 spiro atoms. The van der Waals surface area contributed by atoms with Crippen molar-refractivity contribution in [3.05, 3.63) is 75.1 Å². The summed E-state index contributed by atoms with van der Waals surface area (Å²) in [6.07, 6.45) is 0. The van der Waals surface area contributed by atoms with Crippen LogP contribution in [-0.2, 0) is 0 Å². The summed E-state index contributed by atoms with van der Waals surface area (Å²) in [6.45, 7) is 0. The first kappa shape index (κ1) is 15.4. The minimum atomic E-state index is 0.406. The fourth-order valence-corrected chi connectivity index (χ4v) is 4.13. The lowest BCUT2D eigenvalue weighted by atomic mass is 10.1. The lowest BCUT2D eigenvalue weighted by molar-refractivity contribution is 0.320. The van der Waals surface area contributed by atoms with Crippen molar-refractivity contribution in [3.8, 4) is 0 Å². The van der Waals surface area contributed by atoms with Crippen LogP contribution in [0.25, 0.3) is 21.1 Å². The number of rotatable bonds is 2. The number of aromatic nitrogens is 1. The zero-order valence-electron chi connectivity index (χ0n) is 12.2. The fraction of sp³-hybridized carbons (Fsp3) is 0. The van der Waals surface area contributed by atoms with Gasteiger partial charge in [-0.2, -0.15) is 0 Å². The van der Waals surface area contributed by atoms with Gasteiger partial charge in [-0.15, -0.1) is 11.3 Å². The van der Waals surface area contributed by atoms with E-state index in [-0.39, 0.29) is 0 Å². The van der Waals surface area contributed by atoms with Crippen LogP contribution in [0.15, 0.2) is 59.8 Å². The van der Waals surface area contributed by atoms with Crippen molar-refractivity contribution in [1.29, 1.82) is 0 Å². The molecule has 0 atom stereocenters. The summed E-state index contributed by atoms with van der Waals surface area (Å²) in [7, 11) is 0. The second kappa shape index (κ2) is 6.06. The number of fused-ring (bicyclic) bond motifs is 2. The molecular weight excluding hydrogens is 363 g/mol. The molecule has 0 aliphatic heterocycles. The van der Waals surface area contributed by atoms with E-state index >= 15 is 0 Å². The monoisotopic (exact) mass is 372 g/mol. The van der Waals surface area contributed by atoms with E-state index in [9.17, 15) is 5.21 Å². The van der Waals surface area contributed by atoms with Crippen LogP contribution in [0.3, 0.4) is 0 Å². The van der Waals surface area contributed by atoms with Gasteiger partial charge in [0.05, 0.1) is 15.4 Å². The summed E-state index contributed by atoms with van der Waals surface area (Å²) >= 11 is 13.6. The molecule has 0 saturated heterocycles. The van der Waals surface area contributed by atoms with Gasteiger partial charge in [-0.25, -0.2) is 4.98 Å². The Bertz CT molecular complexity index is 1050. The largest absolute Gasteiger partial charge is 0.410 e. The van der Waals surface area contributed by atoms with Gasteiger partial charge in [-0.1, -0.05) is 46.6 Å². The molecule has 0 aliphatic rings. The van der Waals surface area contributed by atoms with Gasteiger partial charge in [-0.05, 0) is 36.4 Å². The zero-order valence-corrected chi connectivity index (χ0v) is 14.5. The average molecular weight is 373 g/mol. The van der Waals surface area contributed by atoms with E-state index in [0.717, 1.165) is 26.0 Å². The summed E-state index contributed by atoms with van der Waals surface area (Å²) in [5, 5.41) is 16.0. The highest BCUT2D eigenvalue weighted by molar-refractivity contribution is 7.20. The summed E-state index contributed by atoms with van der Waals surface area (Å²) in [5.74, 6) is 0. The molecule has 0 amide bonds. The van der Waals surface area contributed by atoms with E-state index in [2.05, 4.69) is 16.2 Å². The molecule has 0 aliphatic carbocycles. The first-order valence-electron chi connectivity index (χ1n) is 7.13. The van der Waals surface area contributed by atoms with Crippen molar-refractivity contribution in [2.45, 2.75) is 0 Å². The smallest absolute Gasteiger partial charge is 0.128 e. The molecule has 2 aromatic carbocycles. The van der Waals surface area contributed by atoms with Crippen molar-refractivity contribution >= 4 is 61.4 Å². The fourth-order valence-electron chi connectivity index (χ4n) is 2.61. The Labute approximate surface area is 151 Å². The van der Waals surface area contributed by atoms with Gasteiger partial charge in [0.2, 0.25) is 0 Å². The maximum Gasteiger partial charge on any atom is 0.128 e. The second-order valence-electron chi connectivity index (χ2n) is 5.26. The zero-order chi connectivity index (χ0) is 16.7. The number of oxime groups is 1. The van der Waals surface area contributed by atoms with Crippen LogP contribution in [0.2, 0.25) is 10.0 Å². The van der Waals surface area contributed by atoms with E-state index < -0.39 is 0 Å². The van der Waals surface area contributed by atoms with E-state index in [1.165, 1.54) is 11.3 Å². The van der Waals surface area contributed by atoms with Gasteiger partial charge in [0, 0.05) is 21.4 Å². The number of thiophene rings is 1. The minimum absolute atomic E-state index is 0.406. The molecule has 6 heteroatoms. The molecule has 0 unspecified atom stereocenters. The number of benzene rings is 2. The first-order chi connectivity index (χ1) is 11.7. The van der Waals surface area contributed by atoms with Gasteiger partial charge < -0.3 is 5.21 Å². The van der Waals surface area contributed by atoms with Crippen LogP contribution in [-0.4, -0.2) is 15.9 Å². The Balaban J connectivity index is 1.89. The van der Waals surface area contributed by atoms with Crippen LogP contribution in [0, 0.1) is 0 Å². The van der Waals surface area contributed by atoms with Gasteiger partial charge in [0.25, 0.3) is 0 Å². The van der Waals surface area contributed by atoms with E-state index in [0.29, 0.717) is 21.3 Å². The summed E-state index contributed by atoms with van der Waals surface area (Å²) < 4.78 is 0. The highest BCUT2D eigenvalue weighted by Crippen LogP contribution is 2.31. The quantitative estimate of drug-likeness (QED) is 0.267. The molecule has 2 heterocycles. The number of pyridine rings is 1. The molecule has 3 nitrogen and oxygen atoms in total. The summed E-state index contributed by atoms with van der Waals surface area (Å²) in [4.78, 5) is 6.35. The molecule has 4 aromatic rings. The number of hydrogen-bond donors (Lipinski definition) is 1. The molecule has 0 radical (unpaired) electrons. The molecular formula is C18H10Cl2N2OS. The first-order valence-corrected chi connectivity index (χ1v) is 8.70. The SMILES string of the molecule is ON=C(c1cc2cc3ccccc3nc2s1)c1ccc(Cl)cc1Cl. The van der Waals surface area contributed by atoms with Gasteiger partial charge in [0.15, 0.2) is 0 Å². The van der Waals surface area contributed by atoms with E-state index in [4.69, 9.17) is 23.2 Å². The Hall–Kier alpha value is -2.14. The van der Waals surface area contributed by atoms with Gasteiger partial charge >= 0.3 is 0 Å². The van der Waals surface area contributed by atoms with Crippen molar-refractivity contribution in [1.82, 2.24) is 4.98 Å². The number of halogens is 2. The van der Waals surface area contributed by atoms with E-state index in [1.807, 2.05) is 30.3 Å². The maximum absolute atomic E-state index is 9.52. The molecule has 24 heavy (non-hydrogen) atoms. The standard InChI is InChI=1S/C18H10Cl2N2OS/c19-12-5-6-13(14(20)9-12)17(22-23)16-8-11-7-10-3-1-2-4-15(10)21-18(11)24-16/h1-9,23H. The van der Waals surface area contributed by atoms with Crippen LogP contribution in [0.5, 0.6) is 0 Å². The van der Waals surface area contributed by atoms with Crippen LogP contribution in [0.4, 0.5) is 0 Å². The van der Waals surface area contributed by atoms with Crippen molar-refractivity contribution in [2.24, 2.45) is 5.16 Å². The van der Waals surface area contributed by atoms with Crippen molar-refractivity contribution in [3.63, 3.8) is 0 Å². The third-order valence-corrected chi connectivity index (χ3v) is 5.33. The van der Waals surface area contributed by atoms with Crippen LogP contribution in [0.1, 0.15) is 10.4 Å². The third kappa shape index (κ3) is 2.63. The Morgan fingerprint density at radius 3 is 2.62 bits per heavy atom. The highest BCUT2D eigenvalue weighted by Gasteiger charge is 2.16. The predicted molar refractivity (Wildman–Crippen MR) is 101 cm³/mol. The van der Waals surface area contributed by atoms with Gasteiger partial charge in [-0.3, -0.25) is 0 Å². The summed E-state index contributed by atoms with van der Waals surface area (Å²) in [5.41, 5.74) is 1.97. The molecule has 1 N–H and O–H groups in total. The molecule has 118 valence electrons. The average Bonchev–Trinajstić information content (AvgIpc) is 2.97. The highest BCUT2D eigenvalue weighted by atomic mass is 35.5. The maximum atomic E-state index is 9.52. The Kier molecular flexibility index (Phi) is 3.88. The predicted octanol–water partition coefficient (Wildman–Crippen LogP) is 5.98. The Morgan fingerprint density at radius 1 is 1.00 bits per heavy atom.